The summed E-state index contributed by atoms with van der Waals surface area (Å²) >= 11 is 0. The van der Waals surface area contributed by atoms with E-state index in [2.05, 4.69) is 10.3 Å². The van der Waals surface area contributed by atoms with Crippen molar-refractivity contribution in [2.45, 2.75) is 6.04 Å². The van der Waals surface area contributed by atoms with E-state index in [1.165, 1.54) is 6.20 Å². The maximum absolute atomic E-state index is 12.1. The number of hydrogen-bond donors (Lipinski definition) is 3. The van der Waals surface area contributed by atoms with E-state index in [1.54, 1.807) is 30.3 Å². The number of aliphatic hydroxyl groups is 2. The van der Waals surface area contributed by atoms with Gasteiger partial charge in [-0.25, -0.2) is 4.98 Å². The molecule has 0 bridgehead atoms. The molecule has 1 amide bonds. The lowest BCUT2D eigenvalue weighted by Crippen LogP contribution is -2.40. The Labute approximate surface area is 143 Å². The van der Waals surface area contributed by atoms with Crippen LogP contribution in [-0.4, -0.2) is 51.2 Å². The lowest BCUT2D eigenvalue weighted by molar-refractivity contribution is 0.0879. The molecule has 3 aromatic rings. The van der Waals surface area contributed by atoms with Crippen LogP contribution in [-0.2, 0) is 0 Å². The zero-order chi connectivity index (χ0) is 17.8. The molecule has 0 aliphatic heterocycles. The Hall–Kier alpha value is -3.03. The van der Waals surface area contributed by atoms with Crippen molar-refractivity contribution < 1.29 is 19.8 Å². The monoisotopic (exact) mass is 339 g/mol. The van der Waals surface area contributed by atoms with Crippen molar-refractivity contribution in [1.29, 1.82) is 0 Å². The fourth-order valence-corrected chi connectivity index (χ4v) is 2.50. The van der Waals surface area contributed by atoms with Gasteiger partial charge in [-0.15, -0.1) is 0 Å². The molecule has 0 aliphatic rings. The van der Waals surface area contributed by atoms with Gasteiger partial charge in [-0.3, -0.25) is 9.59 Å². The second-order valence-corrected chi connectivity index (χ2v) is 5.57. The Kier molecular flexibility index (Phi) is 4.87. The molecule has 1 aromatic carbocycles. The highest BCUT2D eigenvalue weighted by Crippen LogP contribution is 2.19. The van der Waals surface area contributed by atoms with Crippen LogP contribution in [0.4, 0.5) is 0 Å². The molecule has 0 spiro atoms. The van der Waals surface area contributed by atoms with Crippen LogP contribution in [0.15, 0.2) is 48.8 Å². The molecule has 0 aliphatic carbocycles. The van der Waals surface area contributed by atoms with E-state index in [-0.39, 0.29) is 19.1 Å². The number of hydrogen-bond acceptors (Lipinski definition) is 5. The largest absolute Gasteiger partial charge is 0.394 e. The number of aromatic nitrogens is 2. The standard InChI is InChI=1S/C18H17N3O4/c22-9-12-7-14-5-6-21(17(14)19-8-12)16-3-1-13(2-4-16)18(25)20-15(10-23)11-24/h1-9,15,23-24H,10-11H2,(H,20,25). The number of nitrogens with one attached hydrogen (secondary N) is 1. The first-order valence-electron chi connectivity index (χ1n) is 7.71. The molecule has 0 saturated carbocycles. The van der Waals surface area contributed by atoms with Gasteiger partial charge in [0.2, 0.25) is 0 Å². The fourth-order valence-electron chi connectivity index (χ4n) is 2.50. The van der Waals surface area contributed by atoms with E-state index >= 15 is 0 Å². The molecule has 2 aromatic heterocycles. The molecule has 2 heterocycles. The number of aliphatic hydroxyl groups excluding tert-OH is 2. The van der Waals surface area contributed by atoms with E-state index in [0.717, 1.165) is 17.4 Å². The van der Waals surface area contributed by atoms with Gasteiger partial charge in [-0.05, 0) is 36.4 Å². The number of pyridine rings is 1. The molecule has 0 atom stereocenters. The fraction of sp³-hybridized carbons (Fsp3) is 0.167. The number of carbonyl (C=O) groups excluding carboxylic acids is 2. The van der Waals surface area contributed by atoms with Crippen LogP contribution in [0.25, 0.3) is 16.7 Å². The van der Waals surface area contributed by atoms with E-state index in [9.17, 15) is 9.59 Å². The summed E-state index contributed by atoms with van der Waals surface area (Å²) in [5, 5.41) is 21.4. The Morgan fingerprint density at radius 1 is 1.20 bits per heavy atom. The molecule has 0 unspecified atom stereocenters. The maximum atomic E-state index is 12.1. The van der Waals surface area contributed by atoms with E-state index in [4.69, 9.17) is 10.2 Å². The van der Waals surface area contributed by atoms with Gasteiger partial charge in [0.1, 0.15) is 5.65 Å². The number of aldehydes is 1. The van der Waals surface area contributed by atoms with Gasteiger partial charge in [0, 0.05) is 34.6 Å². The van der Waals surface area contributed by atoms with Crippen molar-refractivity contribution in [3.63, 3.8) is 0 Å². The van der Waals surface area contributed by atoms with Crippen LogP contribution in [0.1, 0.15) is 20.7 Å². The SMILES string of the molecule is O=Cc1cnc2c(ccn2-c2ccc(C(=O)NC(CO)CO)cc2)c1. The molecule has 25 heavy (non-hydrogen) atoms. The quantitative estimate of drug-likeness (QED) is 0.579. The minimum absolute atomic E-state index is 0.329. The van der Waals surface area contributed by atoms with Crippen LogP contribution in [0.3, 0.4) is 0 Å². The van der Waals surface area contributed by atoms with Crippen molar-refractivity contribution in [3.05, 3.63) is 59.9 Å². The highest BCUT2D eigenvalue weighted by atomic mass is 16.3. The summed E-state index contributed by atoms with van der Waals surface area (Å²) in [5.41, 5.74) is 2.46. The number of amides is 1. The highest BCUT2D eigenvalue weighted by Gasteiger charge is 2.12. The van der Waals surface area contributed by atoms with Gasteiger partial charge in [-0.2, -0.15) is 0 Å². The smallest absolute Gasteiger partial charge is 0.251 e. The minimum Gasteiger partial charge on any atom is -0.394 e. The third-order valence-electron chi connectivity index (χ3n) is 3.87. The van der Waals surface area contributed by atoms with Gasteiger partial charge in [0.15, 0.2) is 6.29 Å². The highest BCUT2D eigenvalue weighted by molar-refractivity contribution is 5.94. The van der Waals surface area contributed by atoms with Crippen LogP contribution in [0.5, 0.6) is 0 Å². The molecular weight excluding hydrogens is 322 g/mol. The maximum Gasteiger partial charge on any atom is 0.251 e. The summed E-state index contributed by atoms with van der Waals surface area (Å²) in [7, 11) is 0. The first kappa shape index (κ1) is 16.8. The average Bonchev–Trinajstić information content (AvgIpc) is 3.09. The second kappa shape index (κ2) is 7.25. The van der Waals surface area contributed by atoms with Gasteiger partial charge in [0.05, 0.1) is 19.3 Å². The molecule has 7 nitrogen and oxygen atoms in total. The summed E-state index contributed by atoms with van der Waals surface area (Å²) in [6.45, 7) is -0.658. The van der Waals surface area contributed by atoms with Gasteiger partial charge in [0.25, 0.3) is 5.91 Å². The first-order valence-corrected chi connectivity index (χ1v) is 7.71. The zero-order valence-corrected chi connectivity index (χ0v) is 13.3. The summed E-state index contributed by atoms with van der Waals surface area (Å²) in [6.07, 6.45) is 4.11. The average molecular weight is 339 g/mol. The molecule has 128 valence electrons. The summed E-state index contributed by atoms with van der Waals surface area (Å²) in [4.78, 5) is 27.2. The summed E-state index contributed by atoms with van der Waals surface area (Å²) < 4.78 is 1.86. The summed E-state index contributed by atoms with van der Waals surface area (Å²) in [5.74, 6) is -0.370. The third-order valence-corrected chi connectivity index (χ3v) is 3.87. The van der Waals surface area contributed by atoms with E-state index in [1.807, 2.05) is 16.8 Å². The van der Waals surface area contributed by atoms with Crippen molar-refractivity contribution in [1.82, 2.24) is 14.9 Å². The molecular formula is C18H17N3O4. The Morgan fingerprint density at radius 2 is 1.92 bits per heavy atom. The topological polar surface area (TPSA) is 104 Å². The van der Waals surface area contributed by atoms with E-state index in [0.29, 0.717) is 16.8 Å². The lowest BCUT2D eigenvalue weighted by atomic mass is 10.1. The van der Waals surface area contributed by atoms with Crippen LogP contribution in [0, 0.1) is 0 Å². The number of benzene rings is 1. The predicted octanol–water partition coefficient (Wildman–Crippen LogP) is 0.921. The van der Waals surface area contributed by atoms with E-state index < -0.39 is 6.04 Å². The first-order chi connectivity index (χ1) is 12.2. The molecule has 3 rings (SSSR count). The van der Waals surface area contributed by atoms with Crippen LogP contribution in [0.2, 0.25) is 0 Å². The van der Waals surface area contributed by atoms with Crippen molar-refractivity contribution in [2.75, 3.05) is 13.2 Å². The molecule has 7 heteroatoms. The number of carbonyl (C=O) groups is 2. The van der Waals surface area contributed by atoms with Crippen LogP contribution >= 0.6 is 0 Å². The Morgan fingerprint density at radius 3 is 2.56 bits per heavy atom. The van der Waals surface area contributed by atoms with Gasteiger partial charge < -0.3 is 20.1 Å². The van der Waals surface area contributed by atoms with Crippen molar-refractivity contribution >= 4 is 23.2 Å². The molecule has 0 radical (unpaired) electrons. The molecule has 0 fully saturated rings. The predicted molar refractivity (Wildman–Crippen MR) is 91.9 cm³/mol. The van der Waals surface area contributed by atoms with Gasteiger partial charge in [-0.1, -0.05) is 0 Å². The van der Waals surface area contributed by atoms with Crippen molar-refractivity contribution in [3.8, 4) is 5.69 Å². The zero-order valence-electron chi connectivity index (χ0n) is 13.3. The van der Waals surface area contributed by atoms with Gasteiger partial charge >= 0.3 is 0 Å². The number of fused-ring (bicyclic) bond motifs is 1. The lowest BCUT2D eigenvalue weighted by Gasteiger charge is -2.13. The molecule has 0 saturated heterocycles. The summed E-state index contributed by atoms with van der Waals surface area (Å²) in [6, 6.07) is 9.80. The second-order valence-electron chi connectivity index (χ2n) is 5.57. The number of rotatable bonds is 6. The normalized spacial score (nSPS) is 11.0. The third kappa shape index (κ3) is 3.42. The van der Waals surface area contributed by atoms with Crippen LogP contribution < -0.4 is 5.32 Å². The Balaban J connectivity index is 1.85. The Bertz CT molecular complexity index is 898. The van der Waals surface area contributed by atoms with Crippen molar-refractivity contribution in [2.24, 2.45) is 0 Å². The minimum atomic E-state index is -0.684. The molecule has 3 N–H and O–H groups in total. The number of nitrogens with zero attached hydrogens (tertiary/aromatic N) is 2.